The zero-order valence-corrected chi connectivity index (χ0v) is 10.4. The van der Waals surface area contributed by atoms with Crippen LogP contribution in [-0.4, -0.2) is 29.3 Å². The van der Waals surface area contributed by atoms with Gasteiger partial charge in [-0.25, -0.2) is 0 Å². The SMILES string of the molecule is CCOC(=O)C(N)CC(=O)c1cccc([N+](=O)[O-])c1. The third-order valence-electron chi connectivity index (χ3n) is 2.37. The van der Waals surface area contributed by atoms with Crippen LogP contribution in [0.3, 0.4) is 0 Å². The number of ether oxygens (including phenoxy) is 1. The maximum absolute atomic E-state index is 11.8. The molecule has 7 heteroatoms. The molecule has 102 valence electrons. The highest BCUT2D eigenvalue weighted by atomic mass is 16.6. The van der Waals surface area contributed by atoms with E-state index in [9.17, 15) is 19.7 Å². The van der Waals surface area contributed by atoms with E-state index in [1.54, 1.807) is 6.92 Å². The molecule has 0 heterocycles. The number of esters is 1. The number of nitro groups is 1. The van der Waals surface area contributed by atoms with Crippen molar-refractivity contribution >= 4 is 17.4 Å². The summed E-state index contributed by atoms with van der Waals surface area (Å²) in [5.41, 5.74) is 5.47. The van der Waals surface area contributed by atoms with Crippen molar-refractivity contribution in [2.75, 3.05) is 6.61 Å². The van der Waals surface area contributed by atoms with Gasteiger partial charge in [0.25, 0.3) is 5.69 Å². The first-order chi connectivity index (χ1) is 8.95. The zero-order chi connectivity index (χ0) is 14.4. The van der Waals surface area contributed by atoms with E-state index >= 15 is 0 Å². The minimum absolute atomic E-state index is 0.147. The van der Waals surface area contributed by atoms with Crippen LogP contribution >= 0.6 is 0 Å². The van der Waals surface area contributed by atoms with Crippen LogP contribution in [-0.2, 0) is 9.53 Å². The Kier molecular flexibility index (Phi) is 5.13. The third-order valence-corrected chi connectivity index (χ3v) is 2.37. The topological polar surface area (TPSA) is 113 Å². The molecular formula is C12H14N2O5. The Morgan fingerprint density at radius 3 is 2.74 bits per heavy atom. The van der Waals surface area contributed by atoms with Crippen LogP contribution in [0.15, 0.2) is 24.3 Å². The minimum Gasteiger partial charge on any atom is -0.465 e. The lowest BCUT2D eigenvalue weighted by Crippen LogP contribution is -2.34. The van der Waals surface area contributed by atoms with Crippen molar-refractivity contribution in [2.45, 2.75) is 19.4 Å². The second kappa shape index (κ2) is 6.60. The van der Waals surface area contributed by atoms with E-state index < -0.39 is 22.7 Å². The molecule has 1 aromatic rings. The van der Waals surface area contributed by atoms with Gasteiger partial charge in [-0.05, 0) is 6.92 Å². The van der Waals surface area contributed by atoms with Gasteiger partial charge in [-0.3, -0.25) is 19.7 Å². The highest BCUT2D eigenvalue weighted by molar-refractivity contribution is 5.99. The first-order valence-corrected chi connectivity index (χ1v) is 5.65. The van der Waals surface area contributed by atoms with Gasteiger partial charge in [0.15, 0.2) is 5.78 Å². The summed E-state index contributed by atoms with van der Waals surface area (Å²) in [4.78, 5) is 33.1. The lowest BCUT2D eigenvalue weighted by atomic mass is 10.0. The molecule has 0 aliphatic carbocycles. The normalized spacial score (nSPS) is 11.7. The first-order valence-electron chi connectivity index (χ1n) is 5.65. The number of ketones is 1. The maximum atomic E-state index is 11.8. The van der Waals surface area contributed by atoms with E-state index in [-0.39, 0.29) is 24.3 Å². The number of nitro benzene ring substituents is 1. The number of nitrogens with two attached hydrogens (primary N) is 1. The lowest BCUT2D eigenvalue weighted by Gasteiger charge is -2.09. The number of Topliss-reactive ketones (excluding diaryl/α,β-unsaturated/α-hetero) is 1. The van der Waals surface area contributed by atoms with Gasteiger partial charge in [0.2, 0.25) is 0 Å². The average molecular weight is 266 g/mol. The Morgan fingerprint density at radius 1 is 1.47 bits per heavy atom. The average Bonchev–Trinajstić information content (AvgIpc) is 2.39. The molecule has 7 nitrogen and oxygen atoms in total. The molecule has 0 aliphatic heterocycles. The molecule has 1 unspecified atom stereocenters. The monoisotopic (exact) mass is 266 g/mol. The third kappa shape index (κ3) is 4.14. The summed E-state index contributed by atoms with van der Waals surface area (Å²) < 4.78 is 4.68. The molecule has 1 rings (SSSR count). The number of non-ortho nitro benzene ring substituents is 1. The zero-order valence-electron chi connectivity index (χ0n) is 10.4. The second-order valence-electron chi connectivity index (χ2n) is 3.79. The van der Waals surface area contributed by atoms with E-state index in [2.05, 4.69) is 4.74 Å². The molecule has 19 heavy (non-hydrogen) atoms. The van der Waals surface area contributed by atoms with Crippen molar-refractivity contribution in [1.29, 1.82) is 0 Å². The summed E-state index contributed by atoms with van der Waals surface area (Å²) in [5, 5.41) is 10.6. The second-order valence-corrected chi connectivity index (χ2v) is 3.79. The quantitative estimate of drug-likeness (QED) is 0.356. The van der Waals surface area contributed by atoms with Crippen molar-refractivity contribution in [1.82, 2.24) is 0 Å². The van der Waals surface area contributed by atoms with Crippen molar-refractivity contribution in [2.24, 2.45) is 5.73 Å². The summed E-state index contributed by atoms with van der Waals surface area (Å²) in [6.45, 7) is 1.81. The Morgan fingerprint density at radius 2 is 2.16 bits per heavy atom. The van der Waals surface area contributed by atoms with Gasteiger partial charge in [0.05, 0.1) is 11.5 Å². The fraction of sp³-hybridized carbons (Fsp3) is 0.333. The molecule has 2 N–H and O–H groups in total. The van der Waals surface area contributed by atoms with Gasteiger partial charge in [-0.2, -0.15) is 0 Å². The van der Waals surface area contributed by atoms with Gasteiger partial charge in [0, 0.05) is 24.1 Å². The van der Waals surface area contributed by atoms with E-state index in [1.165, 1.54) is 18.2 Å². The Balaban J connectivity index is 2.75. The Labute approximate surface area is 109 Å². The minimum atomic E-state index is -1.06. The molecule has 0 saturated carbocycles. The molecule has 0 saturated heterocycles. The number of carbonyl (C=O) groups excluding carboxylic acids is 2. The first kappa shape index (κ1) is 14.8. The number of rotatable bonds is 6. The number of hydrogen-bond acceptors (Lipinski definition) is 6. The molecule has 0 radical (unpaired) electrons. The van der Waals surface area contributed by atoms with Crippen LogP contribution in [0.1, 0.15) is 23.7 Å². The molecule has 0 aromatic heterocycles. The standard InChI is InChI=1S/C12H14N2O5/c1-2-19-12(16)10(13)7-11(15)8-4-3-5-9(6-8)14(17)18/h3-6,10H,2,7,13H2,1H3. The molecule has 0 fully saturated rings. The summed E-state index contributed by atoms with van der Waals surface area (Å²) in [6, 6.07) is 4.21. The predicted octanol–water partition coefficient (Wildman–Crippen LogP) is 1.06. The Hall–Kier alpha value is -2.28. The highest BCUT2D eigenvalue weighted by Crippen LogP contribution is 2.15. The van der Waals surface area contributed by atoms with Crippen molar-refractivity contribution in [3.8, 4) is 0 Å². The van der Waals surface area contributed by atoms with E-state index in [0.29, 0.717) is 0 Å². The van der Waals surface area contributed by atoms with Gasteiger partial charge in [0.1, 0.15) is 6.04 Å². The highest BCUT2D eigenvalue weighted by Gasteiger charge is 2.20. The van der Waals surface area contributed by atoms with E-state index in [4.69, 9.17) is 5.73 Å². The number of nitrogens with zero attached hydrogens (tertiary/aromatic N) is 1. The van der Waals surface area contributed by atoms with Gasteiger partial charge < -0.3 is 10.5 Å². The number of benzene rings is 1. The molecule has 0 bridgehead atoms. The Bertz CT molecular complexity index is 501. The summed E-state index contributed by atoms with van der Waals surface area (Å²) in [5.74, 6) is -1.11. The molecule has 0 spiro atoms. The lowest BCUT2D eigenvalue weighted by molar-refractivity contribution is -0.384. The summed E-state index contributed by atoms with van der Waals surface area (Å²) >= 11 is 0. The summed E-state index contributed by atoms with van der Waals surface area (Å²) in [7, 11) is 0. The molecule has 1 aromatic carbocycles. The van der Waals surface area contributed by atoms with E-state index in [1.807, 2.05) is 0 Å². The van der Waals surface area contributed by atoms with Gasteiger partial charge in [-0.1, -0.05) is 12.1 Å². The maximum Gasteiger partial charge on any atom is 0.323 e. The molecule has 0 aliphatic rings. The van der Waals surface area contributed by atoms with Gasteiger partial charge in [-0.15, -0.1) is 0 Å². The van der Waals surface area contributed by atoms with Crippen LogP contribution < -0.4 is 5.73 Å². The van der Waals surface area contributed by atoms with Crippen LogP contribution in [0.2, 0.25) is 0 Å². The van der Waals surface area contributed by atoms with Crippen LogP contribution in [0, 0.1) is 10.1 Å². The van der Waals surface area contributed by atoms with Crippen LogP contribution in [0.4, 0.5) is 5.69 Å². The number of carbonyl (C=O) groups is 2. The van der Waals surface area contributed by atoms with Crippen LogP contribution in [0.25, 0.3) is 0 Å². The van der Waals surface area contributed by atoms with Crippen molar-refractivity contribution in [3.63, 3.8) is 0 Å². The smallest absolute Gasteiger partial charge is 0.323 e. The van der Waals surface area contributed by atoms with Crippen molar-refractivity contribution < 1.29 is 19.2 Å². The fourth-order valence-electron chi connectivity index (χ4n) is 1.44. The number of hydrogen-bond donors (Lipinski definition) is 1. The van der Waals surface area contributed by atoms with E-state index in [0.717, 1.165) is 6.07 Å². The largest absolute Gasteiger partial charge is 0.465 e. The van der Waals surface area contributed by atoms with Crippen molar-refractivity contribution in [3.05, 3.63) is 39.9 Å². The molecular weight excluding hydrogens is 252 g/mol. The molecule has 0 amide bonds. The predicted molar refractivity (Wildman–Crippen MR) is 66.7 cm³/mol. The molecule has 1 atom stereocenters. The van der Waals surface area contributed by atoms with Gasteiger partial charge >= 0.3 is 5.97 Å². The van der Waals surface area contributed by atoms with Crippen LogP contribution in [0.5, 0.6) is 0 Å². The summed E-state index contributed by atoms with van der Waals surface area (Å²) in [6.07, 6.45) is -0.250. The fourth-order valence-corrected chi connectivity index (χ4v) is 1.44.